The molecule has 34 heavy (non-hydrogen) atoms. The van der Waals surface area contributed by atoms with Crippen LogP contribution in [0.1, 0.15) is 39.2 Å². The Labute approximate surface area is 205 Å². The van der Waals surface area contributed by atoms with Crippen LogP contribution in [-0.4, -0.2) is 48.5 Å². The van der Waals surface area contributed by atoms with Crippen molar-refractivity contribution in [2.75, 3.05) is 26.7 Å². The number of fused-ring (bicyclic) bond motifs is 1. The van der Waals surface area contributed by atoms with Gasteiger partial charge in [0.2, 0.25) is 0 Å². The highest BCUT2D eigenvalue weighted by molar-refractivity contribution is 7.12. The molecule has 1 atom stereocenters. The maximum absolute atomic E-state index is 14.5. The third-order valence-electron chi connectivity index (χ3n) is 7.27. The summed E-state index contributed by atoms with van der Waals surface area (Å²) in [5.74, 6) is 1.19. The highest BCUT2D eigenvalue weighted by atomic mass is 32.1. The molecule has 3 heterocycles. The summed E-state index contributed by atoms with van der Waals surface area (Å²) in [5.41, 5.74) is 3.32. The fraction of sp³-hybridized carbons (Fsp3) is 0.393. The normalized spacial score (nSPS) is 17.2. The number of carbonyl (C=O) groups excluding carboxylic acids is 1. The molecule has 0 spiro atoms. The molecule has 2 aromatic carbocycles. The van der Waals surface area contributed by atoms with E-state index in [2.05, 4.69) is 23.1 Å². The lowest BCUT2D eigenvalue weighted by Gasteiger charge is -2.40. The first-order valence-corrected chi connectivity index (χ1v) is 13.0. The van der Waals surface area contributed by atoms with Crippen LogP contribution >= 0.6 is 11.3 Å². The van der Waals surface area contributed by atoms with E-state index in [1.165, 1.54) is 28.5 Å². The molecule has 2 aliphatic heterocycles. The highest BCUT2D eigenvalue weighted by Gasteiger charge is 2.33. The van der Waals surface area contributed by atoms with Gasteiger partial charge in [0.25, 0.3) is 5.91 Å². The van der Waals surface area contributed by atoms with Crippen molar-refractivity contribution in [3.8, 4) is 5.75 Å². The van der Waals surface area contributed by atoms with Gasteiger partial charge in [-0.1, -0.05) is 36.4 Å². The zero-order valence-corrected chi connectivity index (χ0v) is 20.4. The predicted molar refractivity (Wildman–Crippen MR) is 134 cm³/mol. The number of rotatable bonds is 7. The standard InChI is InChI=1S/C28H31FN2O2S/c1-30(28(32)27-7-4-16-34-27)25(18-22-5-2-3-6-24(22)29)21-10-13-31(14-11-21)19-20-8-9-26-23(17-20)12-15-33-26/h2-9,16-17,21,25H,10-15,18-19H2,1H3. The van der Waals surface area contributed by atoms with E-state index in [1.807, 2.05) is 41.6 Å². The lowest BCUT2D eigenvalue weighted by Crippen LogP contribution is -2.47. The van der Waals surface area contributed by atoms with Crippen LogP contribution in [0, 0.1) is 11.7 Å². The highest BCUT2D eigenvalue weighted by Crippen LogP contribution is 2.30. The van der Waals surface area contributed by atoms with Gasteiger partial charge in [-0.3, -0.25) is 9.69 Å². The minimum absolute atomic E-state index is 0.0270. The van der Waals surface area contributed by atoms with Crippen molar-refractivity contribution >= 4 is 17.2 Å². The summed E-state index contributed by atoms with van der Waals surface area (Å²) in [6.07, 6.45) is 3.52. The number of carbonyl (C=O) groups is 1. The topological polar surface area (TPSA) is 32.8 Å². The number of halogens is 1. The monoisotopic (exact) mass is 478 g/mol. The summed E-state index contributed by atoms with van der Waals surface area (Å²) >= 11 is 1.46. The number of likely N-dealkylation sites (tertiary alicyclic amines) is 1. The van der Waals surface area contributed by atoms with E-state index in [4.69, 9.17) is 4.74 Å². The van der Waals surface area contributed by atoms with E-state index in [-0.39, 0.29) is 17.8 Å². The van der Waals surface area contributed by atoms with Crippen molar-refractivity contribution < 1.29 is 13.9 Å². The molecular formula is C28H31FN2O2S. The Bertz CT molecular complexity index is 1130. The quantitative estimate of drug-likeness (QED) is 0.455. The van der Waals surface area contributed by atoms with Crippen LogP contribution < -0.4 is 4.74 Å². The molecule has 0 N–H and O–H groups in total. The molecule has 3 aromatic rings. The summed E-state index contributed by atoms with van der Waals surface area (Å²) in [6, 6.07) is 17.2. The van der Waals surface area contributed by atoms with Gasteiger partial charge in [0.15, 0.2) is 0 Å². The summed E-state index contributed by atoms with van der Waals surface area (Å²) in [7, 11) is 1.88. The second-order valence-electron chi connectivity index (χ2n) is 9.41. The largest absolute Gasteiger partial charge is 0.493 e. The number of hydrogen-bond donors (Lipinski definition) is 0. The maximum Gasteiger partial charge on any atom is 0.263 e. The molecule has 0 aliphatic carbocycles. The third-order valence-corrected chi connectivity index (χ3v) is 8.13. The van der Waals surface area contributed by atoms with Crippen LogP contribution in [0.5, 0.6) is 5.75 Å². The summed E-state index contributed by atoms with van der Waals surface area (Å²) in [5, 5.41) is 1.93. The number of thiophene rings is 1. The number of likely N-dealkylation sites (N-methyl/N-ethyl adjacent to an activating group) is 1. The lowest BCUT2D eigenvalue weighted by atomic mass is 9.84. The minimum atomic E-state index is -0.192. The molecule has 4 nitrogen and oxygen atoms in total. The van der Waals surface area contributed by atoms with Crippen molar-refractivity contribution in [3.05, 3.63) is 87.4 Å². The average Bonchev–Trinajstić information content (AvgIpc) is 3.55. The van der Waals surface area contributed by atoms with Crippen LogP contribution in [0.2, 0.25) is 0 Å². The summed E-state index contributed by atoms with van der Waals surface area (Å²) in [6.45, 7) is 3.67. The molecule has 178 valence electrons. The van der Waals surface area contributed by atoms with E-state index in [0.717, 1.165) is 56.1 Å². The van der Waals surface area contributed by atoms with Crippen LogP contribution in [0.25, 0.3) is 0 Å². The second kappa shape index (κ2) is 10.3. The van der Waals surface area contributed by atoms with Crippen LogP contribution in [0.3, 0.4) is 0 Å². The minimum Gasteiger partial charge on any atom is -0.493 e. The van der Waals surface area contributed by atoms with Gasteiger partial charge in [-0.15, -0.1) is 11.3 Å². The molecule has 0 bridgehead atoms. The molecule has 5 rings (SSSR count). The van der Waals surface area contributed by atoms with Crippen LogP contribution in [0.4, 0.5) is 4.39 Å². The Kier molecular flexibility index (Phi) is 6.97. The third kappa shape index (κ3) is 5.03. The first-order valence-electron chi connectivity index (χ1n) is 12.1. The van der Waals surface area contributed by atoms with E-state index in [0.29, 0.717) is 17.9 Å². The summed E-state index contributed by atoms with van der Waals surface area (Å²) in [4.78, 5) is 18.3. The van der Waals surface area contributed by atoms with Crippen LogP contribution in [0.15, 0.2) is 60.0 Å². The van der Waals surface area contributed by atoms with Gasteiger partial charge in [0.1, 0.15) is 11.6 Å². The lowest BCUT2D eigenvalue weighted by molar-refractivity contribution is 0.0588. The van der Waals surface area contributed by atoms with Crippen molar-refractivity contribution in [1.82, 2.24) is 9.80 Å². The molecule has 0 saturated carbocycles. The Morgan fingerprint density at radius 2 is 2.00 bits per heavy atom. The van der Waals surface area contributed by atoms with Crippen molar-refractivity contribution in [2.45, 2.75) is 38.3 Å². The van der Waals surface area contributed by atoms with Gasteiger partial charge in [0.05, 0.1) is 11.5 Å². The van der Waals surface area contributed by atoms with E-state index < -0.39 is 0 Å². The molecule has 2 aliphatic rings. The van der Waals surface area contributed by atoms with Gasteiger partial charge in [-0.25, -0.2) is 4.39 Å². The molecule has 1 unspecified atom stereocenters. The molecule has 6 heteroatoms. The molecule has 1 aromatic heterocycles. The first-order chi connectivity index (χ1) is 16.6. The number of piperidine rings is 1. The zero-order valence-electron chi connectivity index (χ0n) is 19.6. The average molecular weight is 479 g/mol. The van der Waals surface area contributed by atoms with Gasteiger partial charge in [-0.05, 0) is 78.5 Å². The van der Waals surface area contributed by atoms with Gasteiger partial charge < -0.3 is 9.64 Å². The Hall–Kier alpha value is -2.70. The maximum atomic E-state index is 14.5. The van der Waals surface area contributed by atoms with Crippen molar-refractivity contribution in [3.63, 3.8) is 0 Å². The number of benzene rings is 2. The zero-order chi connectivity index (χ0) is 23.5. The second-order valence-corrected chi connectivity index (χ2v) is 10.4. The molecule has 1 amide bonds. The SMILES string of the molecule is CN(C(=O)c1cccs1)C(Cc1ccccc1F)C1CCN(Cc2ccc3c(c2)CCO3)CC1. The molecular weight excluding hydrogens is 447 g/mol. The smallest absolute Gasteiger partial charge is 0.263 e. The molecule has 1 fully saturated rings. The fourth-order valence-electron chi connectivity index (χ4n) is 5.33. The number of nitrogens with zero attached hydrogens (tertiary/aromatic N) is 2. The van der Waals surface area contributed by atoms with Crippen molar-refractivity contribution in [2.24, 2.45) is 5.92 Å². The molecule has 1 saturated heterocycles. The summed E-state index contributed by atoms with van der Waals surface area (Å²) < 4.78 is 20.2. The Morgan fingerprint density at radius 1 is 1.18 bits per heavy atom. The van der Waals surface area contributed by atoms with Gasteiger partial charge >= 0.3 is 0 Å². The number of amides is 1. The first kappa shape index (κ1) is 23.1. The molecule has 0 radical (unpaired) electrons. The fourth-order valence-corrected chi connectivity index (χ4v) is 6.03. The van der Waals surface area contributed by atoms with E-state index in [1.54, 1.807) is 6.07 Å². The Balaban J connectivity index is 1.27. The van der Waals surface area contributed by atoms with Crippen LogP contribution in [-0.2, 0) is 19.4 Å². The predicted octanol–water partition coefficient (Wildman–Crippen LogP) is 5.42. The van der Waals surface area contributed by atoms with Gasteiger partial charge in [0, 0.05) is 26.1 Å². The number of hydrogen-bond acceptors (Lipinski definition) is 4. The van der Waals surface area contributed by atoms with Crippen molar-refractivity contribution in [1.29, 1.82) is 0 Å². The number of ether oxygens (including phenoxy) is 1. The van der Waals surface area contributed by atoms with E-state index in [9.17, 15) is 9.18 Å². The Morgan fingerprint density at radius 3 is 2.76 bits per heavy atom. The van der Waals surface area contributed by atoms with Gasteiger partial charge in [-0.2, -0.15) is 0 Å². The van der Waals surface area contributed by atoms with E-state index >= 15 is 0 Å².